The van der Waals surface area contributed by atoms with Gasteiger partial charge in [0, 0.05) is 0 Å². The maximum absolute atomic E-state index is 11.5. The monoisotopic (exact) mass is 225 g/mol. The molecule has 0 aliphatic heterocycles. The Kier molecular flexibility index (Phi) is 8.49. The number of rotatable bonds is 8. The Morgan fingerprint density at radius 3 is 2.69 bits per heavy atom. The third kappa shape index (κ3) is 6.38. The number of esters is 1. The van der Waals surface area contributed by atoms with E-state index in [-0.39, 0.29) is 11.9 Å². The molecule has 3 heteroatoms. The SMILES string of the molecule is CCC/C(C)=C\CC(CCC=N)C(=O)OC. The van der Waals surface area contributed by atoms with Crippen LogP contribution in [0, 0.1) is 11.3 Å². The third-order valence-corrected chi connectivity index (χ3v) is 2.59. The molecule has 1 N–H and O–H groups in total. The summed E-state index contributed by atoms with van der Waals surface area (Å²) in [5, 5.41) is 6.98. The van der Waals surface area contributed by atoms with Crippen molar-refractivity contribution in [2.24, 2.45) is 5.92 Å². The van der Waals surface area contributed by atoms with Gasteiger partial charge < -0.3 is 10.1 Å². The second-order valence-corrected chi connectivity index (χ2v) is 4.04. The zero-order valence-electron chi connectivity index (χ0n) is 10.6. The van der Waals surface area contributed by atoms with E-state index in [1.165, 1.54) is 18.9 Å². The summed E-state index contributed by atoms with van der Waals surface area (Å²) in [5.74, 6) is -0.263. The first-order valence-corrected chi connectivity index (χ1v) is 5.88. The maximum Gasteiger partial charge on any atom is 0.308 e. The maximum atomic E-state index is 11.5. The molecular formula is C13H23NO2. The van der Waals surface area contributed by atoms with Gasteiger partial charge in [-0.3, -0.25) is 4.79 Å². The molecule has 0 heterocycles. The zero-order chi connectivity index (χ0) is 12.4. The van der Waals surface area contributed by atoms with Gasteiger partial charge in [-0.2, -0.15) is 0 Å². The van der Waals surface area contributed by atoms with Crippen LogP contribution in [0.3, 0.4) is 0 Å². The highest BCUT2D eigenvalue weighted by molar-refractivity contribution is 5.73. The highest BCUT2D eigenvalue weighted by Crippen LogP contribution is 2.16. The molecule has 1 unspecified atom stereocenters. The van der Waals surface area contributed by atoms with Gasteiger partial charge in [0.1, 0.15) is 0 Å². The van der Waals surface area contributed by atoms with Crippen molar-refractivity contribution in [3.8, 4) is 0 Å². The van der Waals surface area contributed by atoms with Crippen LogP contribution >= 0.6 is 0 Å². The molecular weight excluding hydrogens is 202 g/mol. The molecule has 16 heavy (non-hydrogen) atoms. The number of ether oxygens (including phenoxy) is 1. The average molecular weight is 225 g/mol. The Balaban J connectivity index is 4.24. The topological polar surface area (TPSA) is 50.2 Å². The van der Waals surface area contributed by atoms with Crippen LogP contribution in [0.2, 0.25) is 0 Å². The Labute approximate surface area is 98.4 Å². The van der Waals surface area contributed by atoms with E-state index >= 15 is 0 Å². The summed E-state index contributed by atoms with van der Waals surface area (Å²) in [6.07, 6.45) is 7.75. The van der Waals surface area contributed by atoms with Gasteiger partial charge in [-0.25, -0.2) is 0 Å². The van der Waals surface area contributed by atoms with Gasteiger partial charge in [0.05, 0.1) is 13.0 Å². The molecule has 0 aliphatic carbocycles. The molecule has 0 aliphatic rings. The number of carbonyl (C=O) groups is 1. The van der Waals surface area contributed by atoms with Crippen LogP contribution < -0.4 is 0 Å². The molecule has 0 saturated heterocycles. The molecule has 92 valence electrons. The minimum atomic E-state index is -0.164. The number of hydrogen-bond donors (Lipinski definition) is 1. The lowest BCUT2D eigenvalue weighted by Crippen LogP contribution is -2.15. The van der Waals surface area contributed by atoms with Gasteiger partial charge in [-0.1, -0.05) is 25.0 Å². The summed E-state index contributed by atoms with van der Waals surface area (Å²) in [7, 11) is 1.42. The summed E-state index contributed by atoms with van der Waals surface area (Å²) < 4.78 is 4.76. The molecule has 0 aromatic rings. The molecule has 0 aromatic heterocycles. The van der Waals surface area contributed by atoms with Gasteiger partial charge in [0.25, 0.3) is 0 Å². The lowest BCUT2D eigenvalue weighted by molar-refractivity contribution is -0.145. The number of hydrogen-bond acceptors (Lipinski definition) is 3. The molecule has 0 radical (unpaired) electrons. The standard InChI is InChI=1S/C13H23NO2/c1-4-6-11(2)8-9-12(7-5-10-14)13(15)16-3/h8,10,12,14H,4-7,9H2,1-3H3/b11-8-,14-10?. The lowest BCUT2D eigenvalue weighted by Gasteiger charge is -2.11. The van der Waals surface area contributed by atoms with Crippen LogP contribution in [0.5, 0.6) is 0 Å². The first kappa shape index (κ1) is 14.9. The van der Waals surface area contributed by atoms with Gasteiger partial charge in [0.2, 0.25) is 0 Å². The molecule has 0 amide bonds. The van der Waals surface area contributed by atoms with Crippen LogP contribution in [0.15, 0.2) is 11.6 Å². The van der Waals surface area contributed by atoms with E-state index in [0.29, 0.717) is 12.8 Å². The minimum Gasteiger partial charge on any atom is -0.469 e. The second-order valence-electron chi connectivity index (χ2n) is 4.04. The van der Waals surface area contributed by atoms with E-state index in [0.717, 1.165) is 19.3 Å². The predicted molar refractivity (Wildman–Crippen MR) is 66.8 cm³/mol. The van der Waals surface area contributed by atoms with E-state index in [9.17, 15) is 4.79 Å². The molecule has 0 fully saturated rings. The first-order valence-electron chi connectivity index (χ1n) is 5.88. The van der Waals surface area contributed by atoms with Crippen molar-refractivity contribution < 1.29 is 9.53 Å². The van der Waals surface area contributed by atoms with Crippen molar-refractivity contribution in [1.82, 2.24) is 0 Å². The fraction of sp³-hybridized carbons (Fsp3) is 0.692. The van der Waals surface area contributed by atoms with Crippen LogP contribution in [-0.4, -0.2) is 19.3 Å². The van der Waals surface area contributed by atoms with Crippen LogP contribution in [0.25, 0.3) is 0 Å². The zero-order valence-corrected chi connectivity index (χ0v) is 10.6. The Morgan fingerprint density at radius 1 is 1.50 bits per heavy atom. The summed E-state index contributed by atoms with van der Waals surface area (Å²) in [6.45, 7) is 4.23. The Hall–Kier alpha value is -1.12. The Morgan fingerprint density at radius 2 is 2.19 bits per heavy atom. The van der Waals surface area contributed by atoms with E-state index < -0.39 is 0 Å². The molecule has 0 bridgehead atoms. The van der Waals surface area contributed by atoms with Gasteiger partial charge in [-0.15, -0.1) is 0 Å². The highest BCUT2D eigenvalue weighted by Gasteiger charge is 2.16. The van der Waals surface area contributed by atoms with Crippen molar-refractivity contribution >= 4 is 12.2 Å². The van der Waals surface area contributed by atoms with E-state index in [4.69, 9.17) is 10.1 Å². The fourth-order valence-electron chi connectivity index (χ4n) is 1.62. The fourth-order valence-corrected chi connectivity index (χ4v) is 1.62. The van der Waals surface area contributed by atoms with E-state index in [2.05, 4.69) is 19.9 Å². The quantitative estimate of drug-likeness (QED) is 0.391. The Bertz CT molecular complexity index is 246. The summed E-state index contributed by atoms with van der Waals surface area (Å²) in [4.78, 5) is 11.5. The van der Waals surface area contributed by atoms with Crippen molar-refractivity contribution in [1.29, 1.82) is 5.41 Å². The number of nitrogens with one attached hydrogen (secondary N) is 1. The molecule has 1 atom stereocenters. The normalized spacial score (nSPS) is 13.3. The largest absolute Gasteiger partial charge is 0.469 e. The van der Waals surface area contributed by atoms with Crippen LogP contribution in [0.1, 0.15) is 46.0 Å². The summed E-state index contributed by atoms with van der Waals surface area (Å²) >= 11 is 0. The number of allylic oxidation sites excluding steroid dienone is 2. The average Bonchev–Trinajstić information content (AvgIpc) is 2.28. The van der Waals surface area contributed by atoms with Crippen LogP contribution in [-0.2, 0) is 9.53 Å². The molecule has 0 spiro atoms. The summed E-state index contributed by atoms with van der Waals surface area (Å²) in [5.41, 5.74) is 1.33. The predicted octanol–water partition coefficient (Wildman–Crippen LogP) is 3.34. The van der Waals surface area contributed by atoms with Crippen LogP contribution in [0.4, 0.5) is 0 Å². The molecule has 0 rings (SSSR count). The number of carbonyl (C=O) groups excluding carboxylic acids is 1. The number of methoxy groups -OCH3 is 1. The van der Waals surface area contributed by atoms with Crippen molar-refractivity contribution in [2.75, 3.05) is 7.11 Å². The lowest BCUT2D eigenvalue weighted by atomic mass is 9.98. The first-order chi connectivity index (χ1) is 7.65. The van der Waals surface area contributed by atoms with Crippen molar-refractivity contribution in [3.63, 3.8) is 0 Å². The minimum absolute atomic E-state index is 0.0987. The van der Waals surface area contributed by atoms with Gasteiger partial charge >= 0.3 is 5.97 Å². The highest BCUT2D eigenvalue weighted by atomic mass is 16.5. The molecule has 3 nitrogen and oxygen atoms in total. The van der Waals surface area contributed by atoms with E-state index in [1.54, 1.807) is 0 Å². The second kappa shape index (κ2) is 9.13. The van der Waals surface area contributed by atoms with Crippen molar-refractivity contribution in [2.45, 2.75) is 46.0 Å². The van der Waals surface area contributed by atoms with E-state index in [1.807, 2.05) is 0 Å². The van der Waals surface area contributed by atoms with Gasteiger partial charge in [-0.05, 0) is 38.8 Å². The smallest absolute Gasteiger partial charge is 0.308 e. The van der Waals surface area contributed by atoms with Gasteiger partial charge in [0.15, 0.2) is 0 Å². The molecule has 0 saturated carbocycles. The summed E-state index contributed by atoms with van der Waals surface area (Å²) in [6, 6.07) is 0. The molecule has 0 aromatic carbocycles. The third-order valence-electron chi connectivity index (χ3n) is 2.59. The van der Waals surface area contributed by atoms with Crippen molar-refractivity contribution in [3.05, 3.63) is 11.6 Å².